The van der Waals surface area contributed by atoms with E-state index in [0.717, 1.165) is 16.1 Å². The van der Waals surface area contributed by atoms with Gasteiger partial charge >= 0.3 is 0 Å². The zero-order valence-corrected chi connectivity index (χ0v) is 25.8. The van der Waals surface area contributed by atoms with Crippen LogP contribution in [0.1, 0.15) is 24.0 Å². The first kappa shape index (κ1) is 32.0. The minimum absolute atomic E-state index is 0.0243. The molecule has 1 N–H and O–H groups in total. The fraction of sp³-hybridized carbons (Fsp3) is 0.286. The largest absolute Gasteiger partial charge is 0.357 e. The molecule has 0 radical (unpaired) electrons. The van der Waals surface area contributed by atoms with Gasteiger partial charge in [-0.25, -0.2) is 8.42 Å². The summed E-state index contributed by atoms with van der Waals surface area (Å²) in [5.74, 6) is -0.688. The topological polar surface area (TPSA) is 86.8 Å². The van der Waals surface area contributed by atoms with Crippen LogP contribution in [0.15, 0.2) is 66.7 Å². The molecule has 0 aliphatic carbocycles. The van der Waals surface area contributed by atoms with Gasteiger partial charge in [0.2, 0.25) is 21.8 Å². The summed E-state index contributed by atoms with van der Waals surface area (Å²) < 4.78 is 26.3. The van der Waals surface area contributed by atoms with Gasteiger partial charge in [0.05, 0.1) is 17.0 Å². The fourth-order valence-corrected chi connectivity index (χ4v) is 6.09. The van der Waals surface area contributed by atoms with Crippen molar-refractivity contribution in [2.24, 2.45) is 0 Å². The van der Waals surface area contributed by atoms with Gasteiger partial charge in [-0.05, 0) is 47.9 Å². The molecule has 214 valence electrons. The van der Waals surface area contributed by atoms with Crippen molar-refractivity contribution in [2.75, 3.05) is 24.2 Å². The summed E-state index contributed by atoms with van der Waals surface area (Å²) in [5.41, 5.74) is 1.71. The van der Waals surface area contributed by atoms with Crippen LogP contribution < -0.4 is 9.62 Å². The maximum absolute atomic E-state index is 13.7. The zero-order valence-electron chi connectivity index (χ0n) is 21.9. The Morgan fingerprint density at radius 2 is 1.55 bits per heavy atom. The SMILES string of the molecule is CNC(=O)C(Cc1ccccc1)N(Cc1ccc(Cl)cc1Cl)C(=O)CCCN(c1cc(Cl)ccc1Cl)S(C)(=O)=O. The summed E-state index contributed by atoms with van der Waals surface area (Å²) in [4.78, 5) is 28.3. The highest BCUT2D eigenvalue weighted by Crippen LogP contribution is 2.31. The van der Waals surface area contributed by atoms with Crippen molar-refractivity contribution in [3.63, 3.8) is 0 Å². The number of carbonyl (C=O) groups excluding carboxylic acids is 2. The first-order valence-electron chi connectivity index (χ1n) is 12.3. The molecule has 0 saturated carbocycles. The number of benzene rings is 3. The molecule has 7 nitrogen and oxygen atoms in total. The standard InChI is InChI=1S/C28H29Cl4N3O4S/c1-33-28(37)26(15-19-7-4-3-5-8-19)34(18-20-10-11-21(29)16-24(20)32)27(36)9-6-14-35(40(2,38)39)25-17-22(30)12-13-23(25)31/h3-5,7-8,10-13,16-17,26H,6,9,14-15,18H2,1-2H3,(H,33,37). The number of anilines is 1. The molecule has 0 spiro atoms. The average Bonchev–Trinajstić information content (AvgIpc) is 2.90. The van der Waals surface area contributed by atoms with E-state index in [4.69, 9.17) is 46.4 Å². The lowest BCUT2D eigenvalue weighted by Gasteiger charge is -2.32. The maximum Gasteiger partial charge on any atom is 0.242 e. The number of nitrogens with zero attached hydrogens (tertiary/aromatic N) is 2. The van der Waals surface area contributed by atoms with Crippen molar-refractivity contribution in [1.29, 1.82) is 0 Å². The molecule has 0 bridgehead atoms. The summed E-state index contributed by atoms with van der Waals surface area (Å²) in [5, 5.41) is 3.99. The molecule has 0 aliphatic heterocycles. The molecule has 1 unspecified atom stereocenters. The van der Waals surface area contributed by atoms with Crippen molar-refractivity contribution in [3.05, 3.63) is 97.9 Å². The molecule has 3 rings (SSSR count). The van der Waals surface area contributed by atoms with Crippen LogP contribution in [0, 0.1) is 0 Å². The summed E-state index contributed by atoms with van der Waals surface area (Å²) in [6.07, 6.45) is 1.44. The maximum atomic E-state index is 13.7. The summed E-state index contributed by atoms with van der Waals surface area (Å²) >= 11 is 24.8. The van der Waals surface area contributed by atoms with Crippen LogP contribution in [0.5, 0.6) is 0 Å². The van der Waals surface area contributed by atoms with Crippen LogP contribution >= 0.6 is 46.4 Å². The quantitative estimate of drug-likeness (QED) is 0.253. The highest BCUT2D eigenvalue weighted by Gasteiger charge is 2.30. The van der Waals surface area contributed by atoms with Crippen LogP contribution in [0.25, 0.3) is 0 Å². The van der Waals surface area contributed by atoms with Crippen LogP contribution in [0.3, 0.4) is 0 Å². The Balaban J connectivity index is 1.89. The third-order valence-electron chi connectivity index (χ3n) is 6.20. The summed E-state index contributed by atoms with van der Waals surface area (Å²) in [7, 11) is -2.23. The first-order valence-corrected chi connectivity index (χ1v) is 15.7. The predicted octanol–water partition coefficient (Wildman–Crippen LogP) is 6.23. The van der Waals surface area contributed by atoms with Gasteiger partial charge in [0, 0.05) is 48.0 Å². The Morgan fingerprint density at radius 3 is 2.17 bits per heavy atom. The van der Waals surface area contributed by atoms with E-state index in [1.165, 1.54) is 24.1 Å². The highest BCUT2D eigenvalue weighted by molar-refractivity contribution is 7.92. The number of likely N-dealkylation sites (N-methyl/N-ethyl adjacent to an activating group) is 1. The normalized spacial score (nSPS) is 12.1. The Labute approximate surface area is 255 Å². The second kappa shape index (κ2) is 14.4. The smallest absolute Gasteiger partial charge is 0.242 e. The molecule has 40 heavy (non-hydrogen) atoms. The van der Waals surface area contributed by atoms with Crippen LogP contribution in [-0.2, 0) is 32.6 Å². The molecule has 0 heterocycles. The molecule has 0 aliphatic rings. The number of hydrogen-bond donors (Lipinski definition) is 1. The lowest BCUT2D eigenvalue weighted by molar-refractivity contribution is -0.141. The minimum atomic E-state index is -3.74. The minimum Gasteiger partial charge on any atom is -0.357 e. The van der Waals surface area contributed by atoms with Crippen molar-refractivity contribution in [3.8, 4) is 0 Å². The Kier molecular flexibility index (Phi) is 11.5. The van der Waals surface area contributed by atoms with Crippen molar-refractivity contribution in [1.82, 2.24) is 10.2 Å². The fourth-order valence-electron chi connectivity index (χ4n) is 4.21. The molecular weight excluding hydrogens is 616 g/mol. The molecule has 0 saturated heterocycles. The monoisotopic (exact) mass is 643 g/mol. The predicted molar refractivity (Wildman–Crippen MR) is 163 cm³/mol. The van der Waals surface area contributed by atoms with Gasteiger partial charge in [-0.3, -0.25) is 13.9 Å². The van der Waals surface area contributed by atoms with Crippen LogP contribution in [0.4, 0.5) is 5.69 Å². The molecule has 0 aromatic heterocycles. The van der Waals surface area contributed by atoms with E-state index in [2.05, 4.69) is 5.32 Å². The number of nitrogens with one attached hydrogen (secondary N) is 1. The molecule has 2 amide bonds. The van der Waals surface area contributed by atoms with Crippen molar-refractivity contribution >= 4 is 73.9 Å². The highest BCUT2D eigenvalue weighted by atomic mass is 35.5. The number of carbonyl (C=O) groups is 2. The number of sulfonamides is 1. The van der Waals surface area contributed by atoms with E-state index < -0.39 is 16.1 Å². The number of amides is 2. The van der Waals surface area contributed by atoms with Gasteiger partial charge in [0.1, 0.15) is 6.04 Å². The van der Waals surface area contributed by atoms with Crippen molar-refractivity contribution in [2.45, 2.75) is 31.8 Å². The lowest BCUT2D eigenvalue weighted by atomic mass is 10.0. The Hall–Kier alpha value is -2.49. The third kappa shape index (κ3) is 8.75. The van der Waals surface area contributed by atoms with E-state index in [1.54, 1.807) is 24.3 Å². The number of halogens is 4. The molecule has 1 atom stereocenters. The Morgan fingerprint density at radius 1 is 0.900 bits per heavy atom. The summed E-state index contributed by atoms with van der Waals surface area (Å²) in [6.45, 7) is 0.0270. The third-order valence-corrected chi connectivity index (χ3v) is 8.52. The van der Waals surface area contributed by atoms with Crippen molar-refractivity contribution < 1.29 is 18.0 Å². The van der Waals surface area contributed by atoms with Gasteiger partial charge in [0.15, 0.2) is 0 Å². The number of rotatable bonds is 12. The van der Waals surface area contributed by atoms with Gasteiger partial charge in [-0.1, -0.05) is 82.8 Å². The van der Waals surface area contributed by atoms with Crippen LogP contribution in [0.2, 0.25) is 20.1 Å². The van der Waals surface area contributed by atoms with Gasteiger partial charge in [-0.15, -0.1) is 0 Å². The summed E-state index contributed by atoms with van der Waals surface area (Å²) in [6, 6.07) is 18.0. The van der Waals surface area contributed by atoms with Crippen LogP contribution in [-0.4, -0.2) is 51.0 Å². The van der Waals surface area contributed by atoms with E-state index in [0.29, 0.717) is 20.6 Å². The van der Waals surface area contributed by atoms with Gasteiger partial charge < -0.3 is 10.2 Å². The lowest BCUT2D eigenvalue weighted by Crippen LogP contribution is -2.49. The molecule has 0 fully saturated rings. The molecule has 12 heteroatoms. The molecule has 3 aromatic carbocycles. The number of hydrogen-bond acceptors (Lipinski definition) is 4. The van der Waals surface area contributed by atoms with Gasteiger partial charge in [-0.2, -0.15) is 0 Å². The van der Waals surface area contributed by atoms with E-state index in [-0.39, 0.29) is 54.9 Å². The second-order valence-electron chi connectivity index (χ2n) is 9.11. The van der Waals surface area contributed by atoms with Gasteiger partial charge in [0.25, 0.3) is 0 Å². The van der Waals surface area contributed by atoms with E-state index >= 15 is 0 Å². The van der Waals surface area contributed by atoms with E-state index in [1.807, 2.05) is 30.3 Å². The zero-order chi connectivity index (χ0) is 29.4. The van der Waals surface area contributed by atoms with E-state index in [9.17, 15) is 18.0 Å². The average molecular weight is 645 g/mol. The Bertz CT molecular complexity index is 1460. The second-order valence-corrected chi connectivity index (χ2v) is 12.7. The first-order chi connectivity index (χ1) is 18.9. The molecule has 3 aromatic rings. The molecular formula is C28H29Cl4N3O4S.